The minimum atomic E-state index is -1.49. The molecular weight excluding hydrogens is 403 g/mol. The van der Waals surface area contributed by atoms with Crippen LogP contribution in [0.4, 0.5) is 0 Å². The minimum absolute atomic E-state index is 0. The molecule has 0 spiro atoms. The van der Waals surface area contributed by atoms with Crippen molar-refractivity contribution in [1.29, 1.82) is 0 Å². The van der Waals surface area contributed by atoms with Crippen LogP contribution >= 0.6 is 0 Å². The zero-order valence-electron chi connectivity index (χ0n) is 13.8. The van der Waals surface area contributed by atoms with E-state index >= 15 is 0 Å². The first kappa shape index (κ1) is 27.4. The van der Waals surface area contributed by atoms with Gasteiger partial charge in [-0.3, -0.25) is 0 Å². The van der Waals surface area contributed by atoms with Gasteiger partial charge in [-0.15, -0.1) is 0 Å². The van der Waals surface area contributed by atoms with Gasteiger partial charge in [0.05, 0.1) is 8.07 Å². The van der Waals surface area contributed by atoms with Gasteiger partial charge < -0.3 is 37.2 Å². The molecule has 0 aliphatic heterocycles. The van der Waals surface area contributed by atoms with E-state index in [2.05, 4.69) is 81.3 Å². The summed E-state index contributed by atoms with van der Waals surface area (Å²) in [4.78, 5) is 0. The van der Waals surface area contributed by atoms with Crippen molar-refractivity contribution in [1.82, 2.24) is 0 Å². The molecule has 120 valence electrons. The van der Waals surface area contributed by atoms with Crippen LogP contribution in [0.1, 0.15) is 0 Å². The quantitative estimate of drug-likeness (QED) is 0.339. The van der Waals surface area contributed by atoms with Gasteiger partial charge in [-0.05, 0) is 0 Å². The summed E-state index contributed by atoms with van der Waals surface area (Å²) in [5.74, 6) is 0. The maximum absolute atomic E-state index is 2.48. The van der Waals surface area contributed by atoms with Crippen LogP contribution in [0.25, 0.3) is 0 Å². The minimum Gasteiger partial charge on any atom is -1.00 e. The third-order valence-electron chi connectivity index (χ3n) is 3.84. The molecule has 0 fully saturated rings. The Morgan fingerprint density at radius 1 is 0.727 bits per heavy atom. The molecule has 0 bridgehead atoms. The molecule has 0 saturated heterocycles. The molecule has 2 aromatic carbocycles. The van der Waals surface area contributed by atoms with Gasteiger partial charge in [0.25, 0.3) is 0 Å². The third-order valence-corrected chi connectivity index (χ3v) is 9.41. The van der Waals surface area contributed by atoms with Gasteiger partial charge in [-0.1, -0.05) is 68.3 Å². The molecule has 2 rings (SSSR count). The second-order valence-corrected chi connectivity index (χ2v) is 16.1. The van der Waals surface area contributed by atoms with Crippen molar-refractivity contribution in [3.8, 4) is 0 Å². The summed E-state index contributed by atoms with van der Waals surface area (Å²) in [6.07, 6.45) is 0. The average molecular weight is 426 g/mol. The van der Waals surface area contributed by atoms with Crippen molar-refractivity contribution in [2.45, 2.75) is 32.7 Å². The first-order valence-electron chi connectivity index (χ1n) is 6.65. The molecule has 0 unspecified atom stereocenters. The SMILES string of the molecule is C[Si](C)(C)c1cc[c-]([Si](C)(C)c2ccccc2)c1.[Cl-].[Cl-].[Cl-].[Ti+4]. The van der Waals surface area contributed by atoms with Crippen molar-refractivity contribution in [2.24, 2.45) is 0 Å². The van der Waals surface area contributed by atoms with E-state index in [1.165, 1.54) is 5.19 Å². The molecule has 0 heterocycles. The predicted molar refractivity (Wildman–Crippen MR) is 88.2 cm³/mol. The van der Waals surface area contributed by atoms with Crippen molar-refractivity contribution in [3.63, 3.8) is 0 Å². The largest absolute Gasteiger partial charge is 4.00 e. The average Bonchev–Trinajstić information content (AvgIpc) is 2.79. The van der Waals surface area contributed by atoms with Crippen LogP contribution in [0.2, 0.25) is 32.7 Å². The molecule has 0 atom stereocenters. The van der Waals surface area contributed by atoms with Crippen LogP contribution in [0, 0.1) is 0 Å². The molecule has 0 aliphatic carbocycles. The van der Waals surface area contributed by atoms with Crippen LogP contribution in [0.5, 0.6) is 0 Å². The van der Waals surface area contributed by atoms with E-state index in [1.807, 2.05) is 0 Å². The fourth-order valence-electron chi connectivity index (χ4n) is 2.32. The van der Waals surface area contributed by atoms with E-state index in [9.17, 15) is 0 Å². The third kappa shape index (κ3) is 6.24. The zero-order valence-corrected chi connectivity index (χ0v) is 19.6. The first-order chi connectivity index (χ1) is 8.32. The Morgan fingerprint density at radius 2 is 1.23 bits per heavy atom. The summed E-state index contributed by atoms with van der Waals surface area (Å²) in [5, 5.41) is 4.69. The molecular formula is C16H23Cl3Si2Ti. The molecule has 0 nitrogen and oxygen atoms in total. The van der Waals surface area contributed by atoms with Crippen molar-refractivity contribution < 1.29 is 58.9 Å². The van der Waals surface area contributed by atoms with E-state index in [1.54, 1.807) is 10.4 Å². The predicted octanol–water partition coefficient (Wildman–Crippen LogP) is -6.22. The Kier molecular flexibility index (Phi) is 13.0. The van der Waals surface area contributed by atoms with Crippen molar-refractivity contribution in [3.05, 3.63) is 48.5 Å². The van der Waals surface area contributed by atoms with Crippen molar-refractivity contribution in [2.75, 3.05) is 0 Å². The normalized spacial score (nSPS) is 10.4. The Labute approximate surface area is 171 Å². The molecule has 0 aromatic heterocycles. The summed E-state index contributed by atoms with van der Waals surface area (Å²) in [6.45, 7) is 12.2. The van der Waals surface area contributed by atoms with E-state index in [0.717, 1.165) is 0 Å². The molecule has 6 heteroatoms. The summed E-state index contributed by atoms with van der Waals surface area (Å²) in [6, 6.07) is 18.2. The monoisotopic (exact) mass is 424 g/mol. The maximum Gasteiger partial charge on any atom is 4.00 e. The van der Waals surface area contributed by atoms with Gasteiger partial charge in [-0.25, -0.2) is 11.3 Å². The van der Waals surface area contributed by atoms with Crippen LogP contribution in [-0.4, -0.2) is 16.1 Å². The fraction of sp³-hybridized carbons (Fsp3) is 0.312. The van der Waals surface area contributed by atoms with E-state index in [-0.39, 0.29) is 58.9 Å². The smallest absolute Gasteiger partial charge is 1.00 e. The molecule has 0 amide bonds. The first-order valence-corrected chi connectivity index (χ1v) is 13.1. The Bertz CT molecular complexity index is 534. The number of hydrogen-bond donors (Lipinski definition) is 0. The summed E-state index contributed by atoms with van der Waals surface area (Å²) in [5.41, 5.74) is 0. The number of hydrogen-bond acceptors (Lipinski definition) is 0. The summed E-state index contributed by atoms with van der Waals surface area (Å²) >= 11 is 0. The van der Waals surface area contributed by atoms with Gasteiger partial charge in [0.1, 0.15) is 0 Å². The van der Waals surface area contributed by atoms with Crippen LogP contribution in [-0.2, 0) is 21.7 Å². The molecule has 0 radical (unpaired) electrons. The molecule has 0 N–H and O–H groups in total. The van der Waals surface area contributed by atoms with E-state index in [4.69, 9.17) is 0 Å². The van der Waals surface area contributed by atoms with E-state index < -0.39 is 16.1 Å². The standard InChI is InChI=1S/C16H23Si2.3ClH.Ti/c1-17(2,3)15-11-12-16(13-15)18(4,5)14-9-7-6-8-10-14;;;;/h6-13H,1-5H3;3*1H;/q-1;;;;+4/p-3. The number of benzene rings is 1. The molecule has 22 heavy (non-hydrogen) atoms. The Hall–Kier alpha value is 0.588. The van der Waals surface area contributed by atoms with Gasteiger partial charge in [0.15, 0.2) is 0 Å². The second kappa shape index (κ2) is 10.5. The van der Waals surface area contributed by atoms with Gasteiger partial charge >= 0.3 is 21.7 Å². The van der Waals surface area contributed by atoms with Crippen molar-refractivity contribution >= 4 is 31.7 Å². The van der Waals surface area contributed by atoms with Gasteiger partial charge in [0, 0.05) is 8.07 Å². The summed E-state index contributed by atoms with van der Waals surface area (Å²) in [7, 11) is -2.66. The van der Waals surface area contributed by atoms with E-state index in [0.29, 0.717) is 0 Å². The van der Waals surface area contributed by atoms with Crippen LogP contribution < -0.4 is 52.8 Å². The molecule has 0 saturated carbocycles. The topological polar surface area (TPSA) is 0 Å². The zero-order chi connectivity index (χ0) is 13.4. The number of halogens is 3. The molecule has 2 aromatic rings. The number of rotatable bonds is 3. The van der Waals surface area contributed by atoms with Gasteiger partial charge in [0.2, 0.25) is 0 Å². The summed E-state index contributed by atoms with van der Waals surface area (Å²) < 4.78 is 0. The second-order valence-electron chi connectivity index (χ2n) is 6.63. The van der Waals surface area contributed by atoms with Crippen LogP contribution in [0.15, 0.2) is 48.5 Å². The van der Waals surface area contributed by atoms with Crippen LogP contribution in [0.3, 0.4) is 0 Å². The maximum atomic E-state index is 2.48. The Morgan fingerprint density at radius 3 is 1.64 bits per heavy atom. The molecule has 0 aliphatic rings. The fourth-order valence-corrected chi connectivity index (χ4v) is 6.01. The van der Waals surface area contributed by atoms with Gasteiger partial charge in [-0.2, -0.15) is 17.3 Å². The Balaban J connectivity index is -0.000000902.